The Balaban J connectivity index is 2.10. The van der Waals surface area contributed by atoms with E-state index < -0.39 is 0 Å². The summed E-state index contributed by atoms with van der Waals surface area (Å²) in [6.07, 6.45) is 0.170. The molecule has 0 aliphatic heterocycles. The van der Waals surface area contributed by atoms with E-state index in [-0.39, 0.29) is 24.8 Å². The number of hydrogen-bond acceptors (Lipinski definition) is 4. The van der Waals surface area contributed by atoms with E-state index in [1.165, 1.54) is 18.9 Å². The van der Waals surface area contributed by atoms with Crippen molar-refractivity contribution in [2.45, 2.75) is 20.3 Å². The number of nitrogens with zero attached hydrogens (tertiary/aromatic N) is 1. The zero-order valence-corrected chi connectivity index (χ0v) is 15.5. The number of carbonyl (C=O) groups excluding carboxylic acids is 2. The van der Waals surface area contributed by atoms with Crippen LogP contribution >= 0.6 is 0 Å². The van der Waals surface area contributed by atoms with Crippen molar-refractivity contribution < 1.29 is 19.1 Å². The third-order valence-electron chi connectivity index (χ3n) is 4.04. The fraction of sp³-hybridized carbons (Fsp3) is 0.300. The van der Waals surface area contributed by atoms with Gasteiger partial charge in [0.2, 0.25) is 11.8 Å². The summed E-state index contributed by atoms with van der Waals surface area (Å²) in [5.74, 6) is 0.820. The lowest BCUT2D eigenvalue weighted by Gasteiger charge is -2.23. The summed E-state index contributed by atoms with van der Waals surface area (Å²) < 4.78 is 10.5. The van der Waals surface area contributed by atoms with E-state index in [1.807, 2.05) is 31.2 Å². The highest BCUT2D eigenvalue weighted by molar-refractivity contribution is 5.96. The molecule has 0 saturated carbocycles. The van der Waals surface area contributed by atoms with Gasteiger partial charge in [-0.3, -0.25) is 9.59 Å². The number of hydrogen-bond donors (Lipinski definition) is 1. The molecule has 0 radical (unpaired) electrons. The van der Waals surface area contributed by atoms with Crippen molar-refractivity contribution in [3.05, 3.63) is 48.0 Å². The predicted octanol–water partition coefficient (Wildman–Crippen LogP) is 3.39. The minimum absolute atomic E-state index is 0.155. The van der Waals surface area contributed by atoms with Crippen LogP contribution in [0.5, 0.6) is 11.5 Å². The maximum absolute atomic E-state index is 12.3. The van der Waals surface area contributed by atoms with E-state index in [0.29, 0.717) is 17.2 Å². The lowest BCUT2D eigenvalue weighted by Crippen LogP contribution is -2.32. The van der Waals surface area contributed by atoms with E-state index in [4.69, 9.17) is 9.47 Å². The third kappa shape index (κ3) is 4.75. The van der Waals surface area contributed by atoms with Crippen LogP contribution in [0, 0.1) is 6.92 Å². The molecule has 0 heterocycles. The molecule has 0 aliphatic carbocycles. The number of para-hydroxylation sites is 1. The summed E-state index contributed by atoms with van der Waals surface area (Å²) in [5.41, 5.74) is 2.36. The van der Waals surface area contributed by atoms with Gasteiger partial charge in [0.1, 0.15) is 11.5 Å². The molecule has 1 N–H and O–H groups in total. The molecule has 2 aromatic rings. The molecule has 6 heteroatoms. The topological polar surface area (TPSA) is 67.9 Å². The normalized spacial score (nSPS) is 10.2. The van der Waals surface area contributed by atoms with E-state index >= 15 is 0 Å². The van der Waals surface area contributed by atoms with Crippen LogP contribution in [0.4, 0.5) is 11.4 Å². The molecule has 0 spiro atoms. The molecule has 0 bridgehead atoms. The molecule has 0 aliphatic rings. The Hall–Kier alpha value is -3.02. The van der Waals surface area contributed by atoms with Crippen molar-refractivity contribution in [3.8, 4) is 11.5 Å². The van der Waals surface area contributed by atoms with Crippen molar-refractivity contribution in [2.75, 3.05) is 31.0 Å². The van der Waals surface area contributed by atoms with Gasteiger partial charge in [0, 0.05) is 31.6 Å². The van der Waals surface area contributed by atoms with Crippen LogP contribution in [0.3, 0.4) is 0 Å². The second kappa shape index (κ2) is 8.89. The van der Waals surface area contributed by atoms with Crippen LogP contribution < -0.4 is 19.7 Å². The molecule has 2 aromatic carbocycles. The van der Waals surface area contributed by atoms with E-state index in [0.717, 1.165) is 11.3 Å². The molecule has 0 saturated heterocycles. The monoisotopic (exact) mass is 356 g/mol. The minimum Gasteiger partial charge on any atom is -0.497 e. The lowest BCUT2D eigenvalue weighted by molar-refractivity contribution is -0.117. The van der Waals surface area contributed by atoms with Crippen molar-refractivity contribution in [3.63, 3.8) is 0 Å². The van der Waals surface area contributed by atoms with Crippen LogP contribution in [0.1, 0.15) is 18.9 Å². The molecular weight excluding hydrogens is 332 g/mol. The Morgan fingerprint density at radius 2 is 1.81 bits per heavy atom. The highest BCUT2D eigenvalue weighted by Gasteiger charge is 2.18. The van der Waals surface area contributed by atoms with Crippen molar-refractivity contribution in [2.24, 2.45) is 0 Å². The molecule has 26 heavy (non-hydrogen) atoms. The molecule has 6 nitrogen and oxygen atoms in total. The Morgan fingerprint density at radius 1 is 1.08 bits per heavy atom. The zero-order valence-electron chi connectivity index (χ0n) is 15.5. The molecule has 138 valence electrons. The first kappa shape index (κ1) is 19.3. The summed E-state index contributed by atoms with van der Waals surface area (Å²) in [6.45, 7) is 3.64. The second-order valence-electron chi connectivity index (χ2n) is 5.82. The smallest absolute Gasteiger partial charge is 0.226 e. The first-order valence-electron chi connectivity index (χ1n) is 8.32. The number of aryl methyl sites for hydroxylation is 1. The summed E-state index contributed by atoms with van der Waals surface area (Å²) in [4.78, 5) is 25.9. The number of rotatable bonds is 7. The molecule has 0 atom stereocenters. The van der Waals surface area contributed by atoms with Gasteiger partial charge in [-0.15, -0.1) is 0 Å². The van der Waals surface area contributed by atoms with Crippen LogP contribution in [0.15, 0.2) is 42.5 Å². The average molecular weight is 356 g/mol. The highest BCUT2D eigenvalue weighted by atomic mass is 16.5. The Kier molecular flexibility index (Phi) is 6.60. The van der Waals surface area contributed by atoms with E-state index in [2.05, 4.69) is 5.32 Å². The minimum atomic E-state index is -0.169. The van der Waals surface area contributed by atoms with Gasteiger partial charge in [0.25, 0.3) is 0 Å². The number of anilines is 2. The van der Waals surface area contributed by atoms with Crippen molar-refractivity contribution >= 4 is 23.2 Å². The number of methoxy groups -OCH3 is 2. The lowest BCUT2D eigenvalue weighted by atomic mass is 10.2. The van der Waals surface area contributed by atoms with Crippen LogP contribution in [-0.2, 0) is 9.59 Å². The van der Waals surface area contributed by atoms with Gasteiger partial charge in [-0.1, -0.05) is 18.2 Å². The Morgan fingerprint density at radius 3 is 2.42 bits per heavy atom. The number of nitrogens with one attached hydrogen (secondary N) is 1. The molecule has 2 rings (SSSR count). The number of ether oxygens (including phenoxy) is 2. The molecule has 0 aromatic heterocycles. The summed E-state index contributed by atoms with van der Waals surface area (Å²) in [7, 11) is 3.09. The van der Waals surface area contributed by atoms with E-state index in [9.17, 15) is 9.59 Å². The van der Waals surface area contributed by atoms with Crippen molar-refractivity contribution in [1.82, 2.24) is 0 Å². The van der Waals surface area contributed by atoms with Crippen LogP contribution in [0.25, 0.3) is 0 Å². The third-order valence-corrected chi connectivity index (χ3v) is 4.04. The second-order valence-corrected chi connectivity index (χ2v) is 5.82. The SMILES string of the molecule is COc1ccc(N(CCC(=O)Nc2ccccc2C)C(C)=O)c(OC)c1. The molecule has 2 amide bonds. The van der Waals surface area contributed by atoms with Crippen LogP contribution in [0.2, 0.25) is 0 Å². The molecule has 0 unspecified atom stereocenters. The molecule has 0 fully saturated rings. The quantitative estimate of drug-likeness (QED) is 0.826. The van der Waals surface area contributed by atoms with Gasteiger partial charge >= 0.3 is 0 Å². The van der Waals surface area contributed by atoms with Crippen molar-refractivity contribution in [1.29, 1.82) is 0 Å². The number of carbonyl (C=O) groups is 2. The fourth-order valence-electron chi connectivity index (χ4n) is 2.59. The standard InChI is InChI=1S/C20H24N2O4/c1-14-7-5-6-8-17(14)21-20(24)11-12-22(15(2)23)18-10-9-16(25-3)13-19(18)26-4/h5-10,13H,11-12H2,1-4H3,(H,21,24). The Labute approximate surface area is 153 Å². The largest absolute Gasteiger partial charge is 0.497 e. The van der Waals surface area contributed by atoms with Gasteiger partial charge in [-0.05, 0) is 30.7 Å². The Bertz CT molecular complexity index is 789. The molecular formula is C20H24N2O4. The van der Waals surface area contributed by atoms with Gasteiger partial charge in [-0.25, -0.2) is 0 Å². The van der Waals surface area contributed by atoms with Gasteiger partial charge in [0.15, 0.2) is 0 Å². The number of benzene rings is 2. The average Bonchev–Trinajstić information content (AvgIpc) is 2.63. The van der Waals surface area contributed by atoms with Gasteiger partial charge in [-0.2, -0.15) is 0 Å². The maximum atomic E-state index is 12.3. The van der Waals surface area contributed by atoms with Gasteiger partial charge < -0.3 is 19.7 Å². The summed E-state index contributed by atoms with van der Waals surface area (Å²) in [6, 6.07) is 12.8. The maximum Gasteiger partial charge on any atom is 0.226 e. The first-order valence-corrected chi connectivity index (χ1v) is 8.32. The zero-order chi connectivity index (χ0) is 19.1. The summed E-state index contributed by atoms with van der Waals surface area (Å²) in [5, 5.41) is 2.87. The van der Waals surface area contributed by atoms with Crippen LogP contribution in [-0.4, -0.2) is 32.6 Å². The fourth-order valence-corrected chi connectivity index (χ4v) is 2.59. The predicted molar refractivity (Wildman–Crippen MR) is 102 cm³/mol. The first-order chi connectivity index (χ1) is 12.5. The van der Waals surface area contributed by atoms with Gasteiger partial charge in [0.05, 0.1) is 19.9 Å². The highest BCUT2D eigenvalue weighted by Crippen LogP contribution is 2.32. The summed E-state index contributed by atoms with van der Waals surface area (Å²) >= 11 is 0. The van der Waals surface area contributed by atoms with E-state index in [1.54, 1.807) is 25.3 Å². The number of amides is 2.